The van der Waals surface area contributed by atoms with Gasteiger partial charge in [-0.2, -0.15) is 9.19 Å². The molecule has 0 saturated heterocycles. The minimum Gasteiger partial charge on any atom is -0.205 e. The van der Waals surface area contributed by atoms with E-state index in [0.717, 1.165) is 22.3 Å². The van der Waals surface area contributed by atoms with E-state index >= 15 is 0 Å². The maximum absolute atomic E-state index is 11.3. The van der Waals surface area contributed by atoms with Crippen LogP contribution in [-0.2, 0) is 10.0 Å². The fourth-order valence-corrected chi connectivity index (χ4v) is 1.99. The lowest BCUT2D eigenvalue weighted by atomic mass is 10.2. The Bertz CT molecular complexity index is 550. The maximum atomic E-state index is 11.3. The van der Waals surface area contributed by atoms with Crippen molar-refractivity contribution in [3.8, 4) is 0 Å². The average Bonchev–Trinajstić information content (AvgIpc) is 2.41. The van der Waals surface area contributed by atoms with Crippen molar-refractivity contribution in [1.82, 2.24) is 9.19 Å². The Kier molecular flexibility index (Phi) is 2.26. The minimum atomic E-state index is -3.28. The molecule has 1 aromatic rings. The van der Waals surface area contributed by atoms with Crippen LogP contribution in [0.1, 0.15) is 24.6 Å². The standard InChI is InChI=1S/C10H12N2O2S/c1-8-4-3-5-9-7-12(15(2,13)14)11-10(9)6-8/h3,5-7H,4H2,1-2H3. The van der Waals surface area contributed by atoms with E-state index in [1.165, 1.54) is 11.8 Å². The number of hydrogen-bond acceptors (Lipinski definition) is 3. The quantitative estimate of drug-likeness (QED) is 0.726. The Morgan fingerprint density at radius 2 is 2.20 bits per heavy atom. The first-order chi connectivity index (χ1) is 6.97. The predicted molar refractivity (Wildman–Crippen MR) is 59.8 cm³/mol. The van der Waals surface area contributed by atoms with Gasteiger partial charge in [0.25, 0.3) is 10.0 Å². The van der Waals surface area contributed by atoms with Crippen LogP contribution in [0.15, 0.2) is 17.8 Å². The SMILES string of the molecule is CC1=Cc2nn(S(C)(=O)=O)cc2C=CC1. The summed E-state index contributed by atoms with van der Waals surface area (Å²) in [4.78, 5) is 0. The van der Waals surface area contributed by atoms with Crippen molar-refractivity contribution in [2.45, 2.75) is 13.3 Å². The summed E-state index contributed by atoms with van der Waals surface area (Å²) in [6.45, 7) is 2.00. The lowest BCUT2D eigenvalue weighted by molar-refractivity contribution is 0.586. The van der Waals surface area contributed by atoms with E-state index in [1.807, 2.05) is 25.2 Å². The fraction of sp³-hybridized carbons (Fsp3) is 0.300. The molecule has 0 fully saturated rings. The van der Waals surface area contributed by atoms with E-state index in [4.69, 9.17) is 0 Å². The highest BCUT2D eigenvalue weighted by atomic mass is 32.2. The van der Waals surface area contributed by atoms with Crippen LogP contribution in [0.5, 0.6) is 0 Å². The van der Waals surface area contributed by atoms with Crippen LogP contribution in [0.25, 0.3) is 12.2 Å². The van der Waals surface area contributed by atoms with Crippen molar-refractivity contribution < 1.29 is 8.42 Å². The zero-order chi connectivity index (χ0) is 11.1. The van der Waals surface area contributed by atoms with Gasteiger partial charge in [0.1, 0.15) is 0 Å². The van der Waals surface area contributed by atoms with Gasteiger partial charge in [0.15, 0.2) is 0 Å². The number of aromatic nitrogens is 2. The number of allylic oxidation sites excluding steroid dienone is 2. The van der Waals surface area contributed by atoms with Gasteiger partial charge in [0.2, 0.25) is 0 Å². The highest BCUT2D eigenvalue weighted by Gasteiger charge is 2.12. The Labute approximate surface area is 89.0 Å². The zero-order valence-corrected chi connectivity index (χ0v) is 9.45. The van der Waals surface area contributed by atoms with E-state index in [2.05, 4.69) is 5.10 Å². The van der Waals surface area contributed by atoms with Gasteiger partial charge in [-0.15, -0.1) is 0 Å². The summed E-state index contributed by atoms with van der Waals surface area (Å²) in [5, 5.41) is 4.03. The summed E-state index contributed by atoms with van der Waals surface area (Å²) in [6.07, 6.45) is 9.38. The van der Waals surface area contributed by atoms with Gasteiger partial charge in [-0.25, -0.2) is 8.42 Å². The predicted octanol–water partition coefficient (Wildman–Crippen LogP) is 1.51. The lowest BCUT2D eigenvalue weighted by Crippen LogP contribution is -2.10. The molecule has 0 unspecified atom stereocenters. The molecule has 0 spiro atoms. The summed E-state index contributed by atoms with van der Waals surface area (Å²) in [7, 11) is -3.28. The molecule has 1 aliphatic carbocycles. The molecular formula is C10H12N2O2S. The van der Waals surface area contributed by atoms with E-state index in [9.17, 15) is 8.42 Å². The van der Waals surface area contributed by atoms with Crippen LogP contribution in [0.4, 0.5) is 0 Å². The van der Waals surface area contributed by atoms with Crippen molar-refractivity contribution in [2.75, 3.05) is 6.26 Å². The number of rotatable bonds is 1. The number of hydrogen-bond donors (Lipinski definition) is 0. The van der Waals surface area contributed by atoms with E-state index in [-0.39, 0.29) is 0 Å². The molecule has 4 nitrogen and oxygen atoms in total. The second-order valence-electron chi connectivity index (χ2n) is 3.70. The van der Waals surface area contributed by atoms with E-state index in [1.54, 1.807) is 0 Å². The number of fused-ring (bicyclic) bond motifs is 1. The molecule has 1 aromatic heterocycles. The molecule has 0 bridgehead atoms. The zero-order valence-electron chi connectivity index (χ0n) is 8.64. The molecule has 2 rings (SSSR count). The maximum Gasteiger partial charge on any atom is 0.250 e. The fourth-order valence-electron chi connectivity index (χ4n) is 1.45. The molecule has 5 heteroatoms. The van der Waals surface area contributed by atoms with E-state index < -0.39 is 10.0 Å². The van der Waals surface area contributed by atoms with Gasteiger partial charge in [0, 0.05) is 5.56 Å². The third-order valence-electron chi connectivity index (χ3n) is 2.21. The van der Waals surface area contributed by atoms with Gasteiger partial charge < -0.3 is 0 Å². The largest absolute Gasteiger partial charge is 0.250 e. The highest BCUT2D eigenvalue weighted by Crippen LogP contribution is 2.19. The molecule has 0 aliphatic heterocycles. The van der Waals surface area contributed by atoms with Crippen LogP contribution in [0, 0.1) is 0 Å². The van der Waals surface area contributed by atoms with Crippen molar-refractivity contribution in [3.63, 3.8) is 0 Å². The molecule has 80 valence electrons. The second-order valence-corrected chi connectivity index (χ2v) is 5.54. The van der Waals surface area contributed by atoms with Crippen molar-refractivity contribution in [3.05, 3.63) is 29.1 Å². The topological polar surface area (TPSA) is 52.0 Å². The third kappa shape index (κ3) is 2.02. The van der Waals surface area contributed by atoms with Gasteiger partial charge in [-0.05, 0) is 19.4 Å². The monoisotopic (exact) mass is 224 g/mol. The molecule has 1 heterocycles. The van der Waals surface area contributed by atoms with Gasteiger partial charge in [-0.3, -0.25) is 0 Å². The molecular weight excluding hydrogens is 212 g/mol. The molecule has 0 amide bonds. The molecule has 0 saturated carbocycles. The minimum absolute atomic E-state index is 0.715. The molecule has 0 atom stereocenters. The van der Waals surface area contributed by atoms with Crippen LogP contribution in [0.3, 0.4) is 0 Å². The normalized spacial score (nSPS) is 15.7. The Hall–Kier alpha value is -1.36. The van der Waals surface area contributed by atoms with Crippen LogP contribution in [0.2, 0.25) is 0 Å². The van der Waals surface area contributed by atoms with Crippen LogP contribution >= 0.6 is 0 Å². The Morgan fingerprint density at radius 3 is 2.87 bits per heavy atom. The van der Waals surface area contributed by atoms with Crippen LogP contribution in [-0.4, -0.2) is 23.9 Å². The summed E-state index contributed by atoms with van der Waals surface area (Å²) in [6, 6.07) is 0. The average molecular weight is 224 g/mol. The van der Waals surface area contributed by atoms with Crippen molar-refractivity contribution >= 4 is 22.2 Å². The summed E-state index contributed by atoms with van der Waals surface area (Å²) >= 11 is 0. The smallest absolute Gasteiger partial charge is 0.205 e. The van der Waals surface area contributed by atoms with Gasteiger partial charge in [0.05, 0.1) is 18.1 Å². The first-order valence-electron chi connectivity index (χ1n) is 4.61. The van der Waals surface area contributed by atoms with Gasteiger partial charge >= 0.3 is 0 Å². The molecule has 1 aliphatic rings. The molecule has 15 heavy (non-hydrogen) atoms. The molecule has 0 aromatic carbocycles. The Morgan fingerprint density at radius 1 is 1.47 bits per heavy atom. The lowest BCUT2D eigenvalue weighted by Gasteiger charge is -1.95. The Balaban J connectivity index is 2.59. The first kappa shape index (κ1) is 10.2. The molecule has 0 radical (unpaired) electrons. The van der Waals surface area contributed by atoms with Gasteiger partial charge in [-0.1, -0.05) is 17.7 Å². The third-order valence-corrected chi connectivity index (χ3v) is 3.08. The highest BCUT2D eigenvalue weighted by molar-refractivity contribution is 7.89. The second kappa shape index (κ2) is 3.34. The summed E-state index contributed by atoms with van der Waals surface area (Å²) in [5.74, 6) is 0. The van der Waals surface area contributed by atoms with E-state index in [0.29, 0.717) is 5.69 Å². The number of nitrogens with zero attached hydrogens (tertiary/aromatic N) is 2. The summed E-state index contributed by atoms with van der Waals surface area (Å²) in [5.41, 5.74) is 2.73. The van der Waals surface area contributed by atoms with Crippen molar-refractivity contribution in [1.29, 1.82) is 0 Å². The first-order valence-corrected chi connectivity index (χ1v) is 6.45. The van der Waals surface area contributed by atoms with Crippen LogP contribution < -0.4 is 0 Å². The summed E-state index contributed by atoms with van der Waals surface area (Å²) < 4.78 is 23.6. The van der Waals surface area contributed by atoms with Crippen molar-refractivity contribution in [2.24, 2.45) is 0 Å². The molecule has 0 N–H and O–H groups in total.